The molecule has 0 aliphatic carbocycles. The van der Waals surface area contributed by atoms with Crippen molar-refractivity contribution in [2.75, 3.05) is 13.2 Å². The van der Waals surface area contributed by atoms with Crippen molar-refractivity contribution < 1.29 is 19.1 Å². The van der Waals surface area contributed by atoms with Gasteiger partial charge in [-0.25, -0.2) is 0 Å². The van der Waals surface area contributed by atoms with Gasteiger partial charge in [0.05, 0.1) is 0 Å². The van der Waals surface area contributed by atoms with Crippen LogP contribution >= 0.6 is 11.6 Å². The zero-order valence-electron chi connectivity index (χ0n) is 13.6. The number of carbonyl (C=O) groups is 3. The number of carbonyl (C=O) groups excluding carboxylic acids is 3. The molecule has 6 nitrogen and oxygen atoms in total. The fraction of sp³-hybridized carbons (Fsp3) is 0.105. The Labute approximate surface area is 154 Å². The number of esters is 1. The van der Waals surface area contributed by atoms with E-state index < -0.39 is 18.5 Å². The maximum atomic E-state index is 12.2. The second kappa shape index (κ2) is 7.84. The number of amides is 1. The number of aromatic nitrogens is 1. The van der Waals surface area contributed by atoms with Gasteiger partial charge in [-0.3, -0.25) is 14.4 Å². The van der Waals surface area contributed by atoms with E-state index in [2.05, 4.69) is 10.3 Å². The number of para-hydroxylation sites is 1. The van der Waals surface area contributed by atoms with Crippen molar-refractivity contribution in [2.24, 2.45) is 0 Å². The van der Waals surface area contributed by atoms with E-state index in [4.69, 9.17) is 16.3 Å². The molecule has 0 aliphatic rings. The second-order valence-electron chi connectivity index (χ2n) is 5.52. The summed E-state index contributed by atoms with van der Waals surface area (Å²) in [5.74, 6) is -1.44. The molecule has 132 valence electrons. The molecule has 0 spiro atoms. The van der Waals surface area contributed by atoms with E-state index in [0.717, 1.165) is 10.9 Å². The van der Waals surface area contributed by atoms with Crippen molar-refractivity contribution in [3.63, 3.8) is 0 Å². The summed E-state index contributed by atoms with van der Waals surface area (Å²) in [5.41, 5.74) is 1.66. The van der Waals surface area contributed by atoms with Crippen molar-refractivity contribution in [1.29, 1.82) is 0 Å². The van der Waals surface area contributed by atoms with Crippen LogP contribution in [0.5, 0.6) is 0 Å². The predicted octanol–water partition coefficient (Wildman–Crippen LogP) is 2.98. The molecule has 26 heavy (non-hydrogen) atoms. The molecule has 2 N–H and O–H groups in total. The maximum Gasteiger partial charge on any atom is 0.325 e. The number of benzene rings is 2. The molecule has 0 aliphatic heterocycles. The number of Topliss-reactive ketones (excluding diaryl/α,β-unsaturated/α-hetero) is 1. The third kappa shape index (κ3) is 4.10. The molecule has 0 radical (unpaired) electrons. The molecule has 3 aromatic rings. The average Bonchev–Trinajstić information content (AvgIpc) is 3.09. The summed E-state index contributed by atoms with van der Waals surface area (Å²) in [6.45, 7) is -0.722. The number of rotatable bonds is 6. The van der Waals surface area contributed by atoms with Gasteiger partial charge in [0.15, 0.2) is 6.61 Å². The first-order chi connectivity index (χ1) is 12.5. The lowest BCUT2D eigenvalue weighted by molar-refractivity contribution is -0.141. The number of ether oxygens (including phenoxy) is 1. The van der Waals surface area contributed by atoms with Crippen LogP contribution in [0, 0.1) is 0 Å². The third-order valence-electron chi connectivity index (χ3n) is 3.75. The third-order valence-corrected chi connectivity index (χ3v) is 4.01. The van der Waals surface area contributed by atoms with Crippen LogP contribution < -0.4 is 5.32 Å². The smallest absolute Gasteiger partial charge is 0.325 e. The van der Waals surface area contributed by atoms with Crippen LogP contribution in [-0.4, -0.2) is 35.8 Å². The molecular weight excluding hydrogens is 356 g/mol. The lowest BCUT2D eigenvalue weighted by atomic mass is 10.1. The number of hydrogen-bond donors (Lipinski definition) is 2. The first-order valence-electron chi connectivity index (χ1n) is 7.83. The SMILES string of the molecule is O=C(CNC(=O)c1ccc(Cl)cc1)OCC(=O)c1c[nH]c2ccccc12. The first kappa shape index (κ1) is 17.7. The minimum Gasteiger partial charge on any atom is -0.456 e. The summed E-state index contributed by atoms with van der Waals surface area (Å²) in [6.07, 6.45) is 1.59. The Morgan fingerprint density at radius 3 is 2.54 bits per heavy atom. The number of hydrogen-bond acceptors (Lipinski definition) is 4. The van der Waals surface area contributed by atoms with Crippen molar-refractivity contribution in [2.45, 2.75) is 0 Å². The molecule has 0 bridgehead atoms. The number of ketones is 1. The molecule has 1 amide bonds. The normalized spacial score (nSPS) is 10.5. The summed E-state index contributed by atoms with van der Waals surface area (Å²) in [7, 11) is 0. The summed E-state index contributed by atoms with van der Waals surface area (Å²) in [6, 6.07) is 13.6. The van der Waals surface area contributed by atoms with Gasteiger partial charge in [0.1, 0.15) is 6.54 Å². The van der Waals surface area contributed by atoms with Gasteiger partial charge >= 0.3 is 5.97 Å². The number of fused-ring (bicyclic) bond motifs is 1. The van der Waals surface area contributed by atoms with E-state index in [1.165, 1.54) is 0 Å². The van der Waals surface area contributed by atoms with Crippen molar-refractivity contribution in [3.8, 4) is 0 Å². The minimum absolute atomic E-state index is 0.320. The molecule has 1 aromatic heterocycles. The minimum atomic E-state index is -0.694. The number of nitrogens with one attached hydrogen (secondary N) is 2. The fourth-order valence-corrected chi connectivity index (χ4v) is 2.56. The fourth-order valence-electron chi connectivity index (χ4n) is 2.43. The van der Waals surface area contributed by atoms with Gasteiger partial charge in [0.2, 0.25) is 5.78 Å². The van der Waals surface area contributed by atoms with Crippen LogP contribution in [0.25, 0.3) is 10.9 Å². The highest BCUT2D eigenvalue weighted by atomic mass is 35.5. The quantitative estimate of drug-likeness (QED) is 0.515. The Morgan fingerprint density at radius 2 is 1.77 bits per heavy atom. The summed E-state index contributed by atoms with van der Waals surface area (Å²) in [4.78, 5) is 38.9. The van der Waals surface area contributed by atoms with Gasteiger partial charge in [-0.1, -0.05) is 29.8 Å². The van der Waals surface area contributed by atoms with E-state index in [1.807, 2.05) is 24.3 Å². The Kier molecular flexibility index (Phi) is 5.34. The molecule has 0 fully saturated rings. The Bertz CT molecular complexity index is 963. The molecule has 2 aromatic carbocycles. The van der Waals surface area contributed by atoms with E-state index in [-0.39, 0.29) is 12.3 Å². The predicted molar refractivity (Wildman–Crippen MR) is 97.4 cm³/mol. The van der Waals surface area contributed by atoms with Gasteiger partial charge in [-0.05, 0) is 30.3 Å². The number of halogens is 1. The van der Waals surface area contributed by atoms with E-state index in [0.29, 0.717) is 16.1 Å². The van der Waals surface area contributed by atoms with Crippen LogP contribution in [0.4, 0.5) is 0 Å². The monoisotopic (exact) mass is 370 g/mol. The van der Waals surface area contributed by atoms with Gasteiger partial charge in [-0.2, -0.15) is 0 Å². The molecule has 0 unspecified atom stereocenters. The second-order valence-corrected chi connectivity index (χ2v) is 5.96. The number of H-pyrrole nitrogens is 1. The van der Waals surface area contributed by atoms with E-state index >= 15 is 0 Å². The van der Waals surface area contributed by atoms with Crippen molar-refractivity contribution >= 4 is 40.2 Å². The lowest BCUT2D eigenvalue weighted by Crippen LogP contribution is -2.31. The highest BCUT2D eigenvalue weighted by Crippen LogP contribution is 2.18. The zero-order chi connectivity index (χ0) is 18.5. The van der Waals surface area contributed by atoms with Crippen molar-refractivity contribution in [3.05, 3.63) is 70.9 Å². The van der Waals surface area contributed by atoms with Gasteiger partial charge in [0.25, 0.3) is 5.91 Å². The Hall–Kier alpha value is -3.12. The molecule has 0 saturated carbocycles. The van der Waals surface area contributed by atoms with Crippen LogP contribution in [-0.2, 0) is 9.53 Å². The van der Waals surface area contributed by atoms with Crippen LogP contribution in [0.3, 0.4) is 0 Å². The lowest BCUT2D eigenvalue weighted by Gasteiger charge is -2.06. The first-order valence-corrected chi connectivity index (χ1v) is 8.21. The molecule has 0 atom stereocenters. The molecule has 3 rings (SSSR count). The number of aromatic amines is 1. The van der Waals surface area contributed by atoms with Gasteiger partial charge in [-0.15, -0.1) is 0 Å². The largest absolute Gasteiger partial charge is 0.456 e. The van der Waals surface area contributed by atoms with Crippen molar-refractivity contribution in [1.82, 2.24) is 10.3 Å². The van der Waals surface area contributed by atoms with Crippen LogP contribution in [0.2, 0.25) is 5.02 Å². The average molecular weight is 371 g/mol. The zero-order valence-corrected chi connectivity index (χ0v) is 14.4. The molecular formula is C19H15ClN2O4. The molecule has 1 heterocycles. The molecule has 0 saturated heterocycles. The topological polar surface area (TPSA) is 88.3 Å². The van der Waals surface area contributed by atoms with Crippen LogP contribution in [0.15, 0.2) is 54.7 Å². The highest BCUT2D eigenvalue weighted by molar-refractivity contribution is 6.30. The summed E-state index contributed by atoms with van der Waals surface area (Å²) < 4.78 is 4.94. The maximum absolute atomic E-state index is 12.2. The Balaban J connectivity index is 1.50. The van der Waals surface area contributed by atoms with Crippen LogP contribution in [0.1, 0.15) is 20.7 Å². The van der Waals surface area contributed by atoms with Gasteiger partial charge < -0.3 is 15.0 Å². The summed E-state index contributed by atoms with van der Waals surface area (Å²) >= 11 is 5.75. The van der Waals surface area contributed by atoms with Gasteiger partial charge in [0, 0.05) is 33.2 Å². The standard InChI is InChI=1S/C19H15ClN2O4/c20-13-7-5-12(6-8-13)19(25)22-10-18(24)26-11-17(23)15-9-21-16-4-2-1-3-14(15)16/h1-9,21H,10-11H2,(H,22,25). The Morgan fingerprint density at radius 1 is 1.04 bits per heavy atom. The van der Waals surface area contributed by atoms with E-state index in [9.17, 15) is 14.4 Å². The van der Waals surface area contributed by atoms with E-state index in [1.54, 1.807) is 30.5 Å². The summed E-state index contributed by atoms with van der Waals surface area (Å²) in [5, 5.41) is 3.71. The highest BCUT2D eigenvalue weighted by Gasteiger charge is 2.15. The molecule has 7 heteroatoms.